The fraction of sp³-hybridized carbons (Fsp3) is 0.600. The molecule has 1 aliphatic heterocycles. The van der Waals surface area contributed by atoms with Crippen LogP contribution in [0.25, 0.3) is 0 Å². The third kappa shape index (κ3) is 4.98. The van der Waals surface area contributed by atoms with Crippen LogP contribution < -0.4 is 5.73 Å². The summed E-state index contributed by atoms with van der Waals surface area (Å²) in [5, 5.41) is 0. The van der Waals surface area contributed by atoms with E-state index in [0.29, 0.717) is 19.5 Å². The summed E-state index contributed by atoms with van der Waals surface area (Å²) >= 11 is 0. The van der Waals surface area contributed by atoms with Crippen LogP contribution in [0.4, 0.5) is 13.2 Å². The Morgan fingerprint density at radius 1 is 1.24 bits per heavy atom. The standard InChI is InChI=1S/C15H21F3N2O/c16-15(17,18)11-21-7-3-6-20-10-13-5-2-1-4-12(13)8-14(20)9-19/h1-2,4-5,14H,3,6-11,19H2. The molecule has 0 spiro atoms. The highest BCUT2D eigenvalue weighted by atomic mass is 19.4. The summed E-state index contributed by atoms with van der Waals surface area (Å²) in [6.45, 7) is 1.01. The summed E-state index contributed by atoms with van der Waals surface area (Å²) in [5.41, 5.74) is 8.41. The lowest BCUT2D eigenvalue weighted by Crippen LogP contribution is -2.45. The van der Waals surface area contributed by atoms with Gasteiger partial charge in [0, 0.05) is 32.3 Å². The van der Waals surface area contributed by atoms with Crippen molar-refractivity contribution in [2.45, 2.75) is 31.6 Å². The predicted octanol–water partition coefficient (Wildman–Crippen LogP) is 2.34. The van der Waals surface area contributed by atoms with E-state index in [1.807, 2.05) is 12.1 Å². The molecule has 3 nitrogen and oxygen atoms in total. The minimum absolute atomic E-state index is 0.120. The normalized spacial score (nSPS) is 19.5. The van der Waals surface area contributed by atoms with Gasteiger partial charge in [0.1, 0.15) is 6.61 Å². The average Bonchev–Trinajstić information content (AvgIpc) is 2.44. The topological polar surface area (TPSA) is 38.5 Å². The fourth-order valence-corrected chi connectivity index (χ4v) is 2.69. The Balaban J connectivity index is 1.80. The Hall–Kier alpha value is -1.11. The molecule has 0 aliphatic carbocycles. The number of benzene rings is 1. The van der Waals surface area contributed by atoms with Crippen molar-refractivity contribution in [2.75, 3.05) is 26.3 Å². The Labute approximate surface area is 122 Å². The summed E-state index contributed by atoms with van der Waals surface area (Å²) in [6, 6.07) is 8.48. The molecule has 1 aromatic rings. The third-order valence-corrected chi connectivity index (χ3v) is 3.74. The van der Waals surface area contributed by atoms with E-state index in [2.05, 4.69) is 21.8 Å². The Morgan fingerprint density at radius 2 is 1.95 bits per heavy atom. The summed E-state index contributed by atoms with van der Waals surface area (Å²) in [6.07, 6.45) is -2.77. The van der Waals surface area contributed by atoms with Gasteiger partial charge >= 0.3 is 6.18 Å². The molecule has 2 rings (SSSR count). The van der Waals surface area contributed by atoms with Crippen LogP contribution in [0.1, 0.15) is 17.5 Å². The lowest BCUT2D eigenvalue weighted by molar-refractivity contribution is -0.174. The van der Waals surface area contributed by atoms with E-state index < -0.39 is 12.8 Å². The number of ether oxygens (including phenoxy) is 1. The summed E-state index contributed by atoms with van der Waals surface area (Å²) in [4.78, 5) is 2.24. The number of alkyl halides is 3. The van der Waals surface area contributed by atoms with Crippen LogP contribution in [-0.2, 0) is 17.7 Å². The Kier molecular flexibility index (Phi) is 5.61. The average molecular weight is 302 g/mol. The van der Waals surface area contributed by atoms with Gasteiger partial charge in [0.25, 0.3) is 0 Å². The second-order valence-corrected chi connectivity index (χ2v) is 5.35. The van der Waals surface area contributed by atoms with E-state index in [1.165, 1.54) is 11.1 Å². The molecule has 0 fully saturated rings. The molecule has 0 radical (unpaired) electrons. The number of nitrogens with two attached hydrogens (primary N) is 1. The first-order valence-corrected chi connectivity index (χ1v) is 7.15. The molecule has 0 bridgehead atoms. The van der Waals surface area contributed by atoms with Crippen molar-refractivity contribution in [3.05, 3.63) is 35.4 Å². The number of rotatable bonds is 6. The van der Waals surface area contributed by atoms with Gasteiger partial charge in [-0.15, -0.1) is 0 Å². The largest absolute Gasteiger partial charge is 0.411 e. The minimum Gasteiger partial charge on any atom is -0.372 e. The second-order valence-electron chi connectivity index (χ2n) is 5.35. The monoisotopic (exact) mass is 302 g/mol. The zero-order chi connectivity index (χ0) is 15.3. The first-order chi connectivity index (χ1) is 9.99. The van der Waals surface area contributed by atoms with Crippen LogP contribution in [0, 0.1) is 0 Å². The van der Waals surface area contributed by atoms with Crippen molar-refractivity contribution < 1.29 is 17.9 Å². The molecule has 0 amide bonds. The van der Waals surface area contributed by atoms with Crippen LogP contribution in [0.3, 0.4) is 0 Å². The molecule has 1 unspecified atom stereocenters. The van der Waals surface area contributed by atoms with Gasteiger partial charge in [-0.3, -0.25) is 4.90 Å². The van der Waals surface area contributed by atoms with Crippen molar-refractivity contribution in [3.8, 4) is 0 Å². The fourth-order valence-electron chi connectivity index (χ4n) is 2.69. The van der Waals surface area contributed by atoms with E-state index in [-0.39, 0.29) is 12.6 Å². The van der Waals surface area contributed by atoms with Gasteiger partial charge < -0.3 is 10.5 Å². The van der Waals surface area contributed by atoms with E-state index in [9.17, 15) is 13.2 Å². The number of nitrogens with zero attached hydrogens (tertiary/aromatic N) is 1. The molecule has 1 heterocycles. The Bertz CT molecular complexity index is 451. The predicted molar refractivity (Wildman–Crippen MR) is 74.9 cm³/mol. The third-order valence-electron chi connectivity index (χ3n) is 3.74. The summed E-state index contributed by atoms with van der Waals surface area (Å²) < 4.78 is 40.5. The molecule has 0 saturated heterocycles. The Morgan fingerprint density at radius 3 is 2.62 bits per heavy atom. The van der Waals surface area contributed by atoms with Crippen molar-refractivity contribution >= 4 is 0 Å². The quantitative estimate of drug-likeness (QED) is 0.820. The molecule has 1 aliphatic rings. The van der Waals surface area contributed by atoms with E-state index in [0.717, 1.165) is 13.0 Å². The van der Waals surface area contributed by atoms with Gasteiger partial charge in [-0.2, -0.15) is 13.2 Å². The van der Waals surface area contributed by atoms with Crippen molar-refractivity contribution in [3.63, 3.8) is 0 Å². The van der Waals surface area contributed by atoms with Crippen LogP contribution in [-0.4, -0.2) is 43.4 Å². The van der Waals surface area contributed by atoms with Crippen molar-refractivity contribution in [1.29, 1.82) is 0 Å². The molecule has 1 aromatic carbocycles. The molecule has 21 heavy (non-hydrogen) atoms. The maximum atomic E-state index is 12.0. The highest BCUT2D eigenvalue weighted by Gasteiger charge is 2.27. The van der Waals surface area contributed by atoms with Crippen LogP contribution in [0.15, 0.2) is 24.3 Å². The molecule has 6 heteroatoms. The molecule has 1 atom stereocenters. The van der Waals surface area contributed by atoms with Gasteiger partial charge in [0.05, 0.1) is 0 Å². The maximum Gasteiger partial charge on any atom is 0.411 e. The number of fused-ring (bicyclic) bond motifs is 1. The van der Waals surface area contributed by atoms with Gasteiger partial charge in [-0.1, -0.05) is 24.3 Å². The summed E-state index contributed by atoms with van der Waals surface area (Å²) in [5.74, 6) is 0. The van der Waals surface area contributed by atoms with Crippen molar-refractivity contribution in [1.82, 2.24) is 4.90 Å². The lowest BCUT2D eigenvalue weighted by atomic mass is 9.94. The van der Waals surface area contributed by atoms with Gasteiger partial charge in [0.15, 0.2) is 0 Å². The lowest BCUT2D eigenvalue weighted by Gasteiger charge is -2.36. The van der Waals surface area contributed by atoms with Gasteiger partial charge in [-0.25, -0.2) is 0 Å². The highest BCUT2D eigenvalue weighted by Crippen LogP contribution is 2.23. The molecule has 118 valence electrons. The van der Waals surface area contributed by atoms with Crippen LogP contribution >= 0.6 is 0 Å². The second kappa shape index (κ2) is 7.24. The number of hydrogen-bond acceptors (Lipinski definition) is 3. The van der Waals surface area contributed by atoms with Crippen LogP contribution in [0.2, 0.25) is 0 Å². The SMILES string of the molecule is NCC1Cc2ccccc2CN1CCCOCC(F)(F)F. The van der Waals surface area contributed by atoms with E-state index in [1.54, 1.807) is 0 Å². The zero-order valence-electron chi connectivity index (χ0n) is 11.9. The van der Waals surface area contributed by atoms with E-state index >= 15 is 0 Å². The summed E-state index contributed by atoms with van der Waals surface area (Å²) in [7, 11) is 0. The number of halogens is 3. The van der Waals surface area contributed by atoms with Crippen molar-refractivity contribution in [2.24, 2.45) is 5.73 Å². The first-order valence-electron chi connectivity index (χ1n) is 7.15. The molecular weight excluding hydrogens is 281 g/mol. The van der Waals surface area contributed by atoms with Crippen LogP contribution in [0.5, 0.6) is 0 Å². The van der Waals surface area contributed by atoms with E-state index in [4.69, 9.17) is 5.73 Å². The molecule has 0 aromatic heterocycles. The zero-order valence-corrected chi connectivity index (χ0v) is 11.9. The smallest absolute Gasteiger partial charge is 0.372 e. The van der Waals surface area contributed by atoms with Gasteiger partial charge in [0.2, 0.25) is 0 Å². The molecule has 2 N–H and O–H groups in total. The minimum atomic E-state index is -4.25. The highest BCUT2D eigenvalue weighted by molar-refractivity contribution is 5.30. The number of hydrogen-bond donors (Lipinski definition) is 1. The first kappa shape index (κ1) is 16.3. The molecule has 0 saturated carbocycles. The maximum absolute atomic E-state index is 12.0. The molecular formula is C15H21F3N2O. The van der Waals surface area contributed by atoms with Gasteiger partial charge in [-0.05, 0) is 24.0 Å².